The Morgan fingerprint density at radius 2 is 2.30 bits per heavy atom. The smallest absolute Gasteiger partial charge is 0.144 e. The van der Waals surface area contributed by atoms with Crippen LogP contribution < -0.4 is 0 Å². The van der Waals surface area contributed by atoms with Crippen molar-refractivity contribution < 1.29 is 0 Å². The third kappa shape index (κ3) is 0.952. The molecule has 1 rings (SSSR count). The molecule has 0 amide bonds. The minimum Gasteiger partial charge on any atom is -0.271 e. The Labute approximate surface area is 68.4 Å². The summed E-state index contributed by atoms with van der Waals surface area (Å²) in [5.74, 6) is 2.55. The quantitative estimate of drug-likeness (QED) is 0.578. The van der Waals surface area contributed by atoms with E-state index in [1.807, 2.05) is 14.0 Å². The van der Waals surface area contributed by atoms with E-state index in [1.165, 1.54) is 0 Å². The van der Waals surface area contributed by atoms with Gasteiger partial charge in [0, 0.05) is 7.05 Å². The molecule has 0 spiro atoms. The second kappa shape index (κ2) is 2.47. The highest BCUT2D eigenvalue weighted by Crippen LogP contribution is 2.16. The number of hydrogen-bond donors (Lipinski definition) is 0. The van der Waals surface area contributed by atoms with Crippen molar-refractivity contribution in [2.24, 2.45) is 7.05 Å². The summed E-state index contributed by atoms with van der Waals surface area (Å²) in [7, 11) is 1.86. The fourth-order valence-corrected chi connectivity index (χ4v) is 1.37. The van der Waals surface area contributed by atoms with Gasteiger partial charge in [-0.15, -0.1) is 6.42 Å². The Hall–Kier alpha value is -0.750. The fraction of sp³-hybridized carbons (Fsp3) is 0.286. The molecule has 2 nitrogen and oxygen atoms in total. The van der Waals surface area contributed by atoms with Crippen molar-refractivity contribution in [2.75, 3.05) is 0 Å². The Morgan fingerprint density at radius 3 is 2.50 bits per heavy atom. The summed E-state index contributed by atoms with van der Waals surface area (Å²) in [5.41, 5.74) is 1.84. The number of terminal acetylenes is 1. The Bertz CT molecular complexity index is 293. The van der Waals surface area contributed by atoms with Crippen LogP contribution in [0.25, 0.3) is 0 Å². The van der Waals surface area contributed by atoms with E-state index in [0.29, 0.717) is 0 Å². The number of aromatic nitrogens is 2. The Morgan fingerprint density at radius 1 is 1.70 bits per heavy atom. The van der Waals surface area contributed by atoms with Crippen molar-refractivity contribution in [3.05, 3.63) is 15.9 Å². The Kier molecular flexibility index (Phi) is 1.82. The van der Waals surface area contributed by atoms with Crippen molar-refractivity contribution in [3.8, 4) is 12.3 Å². The number of hydrogen-bond acceptors (Lipinski definition) is 1. The first kappa shape index (κ1) is 7.36. The van der Waals surface area contributed by atoms with Crippen LogP contribution in [-0.2, 0) is 7.05 Å². The van der Waals surface area contributed by atoms with Crippen LogP contribution in [0.3, 0.4) is 0 Å². The van der Waals surface area contributed by atoms with Gasteiger partial charge in [-0.2, -0.15) is 5.10 Å². The van der Waals surface area contributed by atoms with Gasteiger partial charge in [0.1, 0.15) is 4.60 Å². The van der Waals surface area contributed by atoms with Crippen LogP contribution in [0.2, 0.25) is 0 Å². The van der Waals surface area contributed by atoms with E-state index in [-0.39, 0.29) is 0 Å². The lowest BCUT2D eigenvalue weighted by Gasteiger charge is -1.90. The molecule has 1 heterocycles. The largest absolute Gasteiger partial charge is 0.271 e. The molecular weight excluding hydrogens is 192 g/mol. The summed E-state index contributed by atoms with van der Waals surface area (Å²) in [5, 5.41) is 4.07. The van der Waals surface area contributed by atoms with Crippen molar-refractivity contribution in [2.45, 2.75) is 6.92 Å². The van der Waals surface area contributed by atoms with Crippen molar-refractivity contribution in [3.63, 3.8) is 0 Å². The van der Waals surface area contributed by atoms with Crippen LogP contribution in [0.15, 0.2) is 4.60 Å². The topological polar surface area (TPSA) is 17.8 Å². The van der Waals surface area contributed by atoms with Crippen LogP contribution in [0.1, 0.15) is 11.3 Å². The van der Waals surface area contributed by atoms with Gasteiger partial charge in [-0.3, -0.25) is 4.68 Å². The lowest BCUT2D eigenvalue weighted by atomic mass is 10.3. The zero-order valence-electron chi connectivity index (χ0n) is 5.85. The third-order valence-corrected chi connectivity index (χ3v) is 1.99. The lowest BCUT2D eigenvalue weighted by molar-refractivity contribution is 0.734. The van der Waals surface area contributed by atoms with E-state index in [0.717, 1.165) is 15.9 Å². The summed E-state index contributed by atoms with van der Waals surface area (Å²) in [6.45, 7) is 1.94. The zero-order chi connectivity index (χ0) is 7.72. The average Bonchev–Trinajstić information content (AvgIpc) is 2.09. The van der Waals surface area contributed by atoms with E-state index >= 15 is 0 Å². The monoisotopic (exact) mass is 198 g/mol. The van der Waals surface area contributed by atoms with Gasteiger partial charge >= 0.3 is 0 Å². The molecule has 0 radical (unpaired) electrons. The van der Waals surface area contributed by atoms with Crippen LogP contribution in [0.5, 0.6) is 0 Å². The number of aryl methyl sites for hydroxylation is 1. The first-order valence-corrected chi connectivity index (χ1v) is 3.62. The van der Waals surface area contributed by atoms with Crippen LogP contribution in [0.4, 0.5) is 0 Å². The minimum atomic E-state index is 0.745. The molecule has 0 saturated carbocycles. The molecule has 0 atom stereocenters. The summed E-state index contributed by atoms with van der Waals surface area (Å²) < 4.78 is 2.49. The molecule has 0 aliphatic rings. The third-order valence-electron chi connectivity index (χ3n) is 1.44. The van der Waals surface area contributed by atoms with Gasteiger partial charge in [-0.25, -0.2) is 0 Å². The maximum atomic E-state index is 5.23. The normalized spacial score (nSPS) is 9.40. The molecule has 1 aromatic rings. The lowest BCUT2D eigenvalue weighted by Crippen LogP contribution is -1.92. The summed E-state index contributed by atoms with van der Waals surface area (Å²) in [4.78, 5) is 0. The fourth-order valence-electron chi connectivity index (χ4n) is 0.732. The van der Waals surface area contributed by atoms with Gasteiger partial charge in [0.05, 0.1) is 11.3 Å². The highest BCUT2D eigenvalue weighted by atomic mass is 79.9. The molecule has 3 heteroatoms. The summed E-state index contributed by atoms with van der Waals surface area (Å²) in [6.07, 6.45) is 5.23. The molecule has 0 N–H and O–H groups in total. The van der Waals surface area contributed by atoms with Crippen LogP contribution >= 0.6 is 15.9 Å². The SMILES string of the molecule is C#Cc1c(Br)nn(C)c1C. The van der Waals surface area contributed by atoms with Crippen molar-refractivity contribution >= 4 is 15.9 Å². The molecule has 0 fully saturated rings. The minimum absolute atomic E-state index is 0.745. The number of nitrogens with zero attached hydrogens (tertiary/aromatic N) is 2. The van der Waals surface area contributed by atoms with E-state index in [2.05, 4.69) is 26.9 Å². The van der Waals surface area contributed by atoms with E-state index in [1.54, 1.807) is 4.68 Å². The standard InChI is InChI=1S/C7H7BrN2/c1-4-6-5(2)10(3)9-7(6)8/h1H,2-3H3. The molecule has 52 valence electrons. The van der Waals surface area contributed by atoms with Crippen LogP contribution in [-0.4, -0.2) is 9.78 Å². The van der Waals surface area contributed by atoms with E-state index < -0.39 is 0 Å². The van der Waals surface area contributed by atoms with Gasteiger partial charge in [-0.05, 0) is 22.9 Å². The van der Waals surface area contributed by atoms with E-state index in [9.17, 15) is 0 Å². The molecule has 1 aromatic heterocycles. The van der Waals surface area contributed by atoms with Gasteiger partial charge in [0.2, 0.25) is 0 Å². The molecular formula is C7H7BrN2. The molecule has 10 heavy (non-hydrogen) atoms. The van der Waals surface area contributed by atoms with Gasteiger partial charge < -0.3 is 0 Å². The van der Waals surface area contributed by atoms with Crippen molar-refractivity contribution in [1.82, 2.24) is 9.78 Å². The summed E-state index contributed by atoms with van der Waals surface area (Å²) >= 11 is 3.25. The number of halogens is 1. The highest BCUT2D eigenvalue weighted by molar-refractivity contribution is 9.10. The maximum absolute atomic E-state index is 5.23. The predicted octanol–water partition coefficient (Wildman–Crippen LogP) is 1.47. The Balaban J connectivity index is 3.37. The van der Waals surface area contributed by atoms with Crippen LogP contribution in [0, 0.1) is 19.3 Å². The number of rotatable bonds is 0. The molecule has 0 saturated heterocycles. The second-order valence-corrected chi connectivity index (χ2v) is 2.77. The van der Waals surface area contributed by atoms with E-state index in [4.69, 9.17) is 6.42 Å². The second-order valence-electron chi connectivity index (χ2n) is 2.02. The first-order valence-electron chi connectivity index (χ1n) is 2.82. The first-order chi connectivity index (χ1) is 4.66. The molecule has 0 unspecified atom stereocenters. The predicted molar refractivity (Wildman–Crippen MR) is 43.6 cm³/mol. The highest BCUT2D eigenvalue weighted by Gasteiger charge is 2.06. The maximum Gasteiger partial charge on any atom is 0.144 e. The molecule has 0 aliphatic carbocycles. The van der Waals surface area contributed by atoms with Gasteiger partial charge in [0.15, 0.2) is 0 Å². The molecule has 0 aromatic carbocycles. The molecule has 0 bridgehead atoms. The van der Waals surface area contributed by atoms with Gasteiger partial charge in [0.25, 0.3) is 0 Å². The zero-order valence-corrected chi connectivity index (χ0v) is 7.44. The average molecular weight is 199 g/mol. The van der Waals surface area contributed by atoms with Gasteiger partial charge in [-0.1, -0.05) is 5.92 Å². The van der Waals surface area contributed by atoms with Crippen molar-refractivity contribution in [1.29, 1.82) is 0 Å². The molecule has 0 aliphatic heterocycles. The summed E-state index contributed by atoms with van der Waals surface area (Å²) in [6, 6.07) is 0.